The standard InChI is InChI=1S/C19H24FN3O4/c1-2-27-19(26)22-9-7-15(8-10-22)21-18(25)13-11-17(24)23(12-13)16-5-3-14(20)4-6-16/h3-6,13,15H,2,7-12H2,1H3,(H,21,25). The minimum Gasteiger partial charge on any atom is -0.450 e. The molecule has 2 fully saturated rings. The normalized spacial score (nSPS) is 20.7. The zero-order valence-electron chi connectivity index (χ0n) is 15.3. The summed E-state index contributed by atoms with van der Waals surface area (Å²) in [5.74, 6) is -1.08. The van der Waals surface area contributed by atoms with Gasteiger partial charge in [-0.25, -0.2) is 9.18 Å². The number of carbonyl (C=O) groups excluding carboxylic acids is 3. The number of ether oxygens (including phenoxy) is 1. The van der Waals surface area contributed by atoms with Gasteiger partial charge in [-0.3, -0.25) is 9.59 Å². The van der Waals surface area contributed by atoms with E-state index in [4.69, 9.17) is 4.74 Å². The number of nitrogens with one attached hydrogen (secondary N) is 1. The number of amides is 3. The molecule has 0 aliphatic carbocycles. The molecule has 27 heavy (non-hydrogen) atoms. The average molecular weight is 377 g/mol. The third kappa shape index (κ3) is 4.56. The Morgan fingerprint density at radius 3 is 2.52 bits per heavy atom. The molecule has 0 aromatic heterocycles. The summed E-state index contributed by atoms with van der Waals surface area (Å²) in [6.07, 6.45) is 1.14. The van der Waals surface area contributed by atoms with Crippen LogP contribution in [-0.2, 0) is 14.3 Å². The second kappa shape index (κ2) is 8.37. The summed E-state index contributed by atoms with van der Waals surface area (Å²) >= 11 is 0. The molecule has 3 rings (SSSR count). The molecule has 2 saturated heterocycles. The van der Waals surface area contributed by atoms with Crippen LogP contribution in [0.4, 0.5) is 14.9 Å². The lowest BCUT2D eigenvalue weighted by Crippen LogP contribution is -2.48. The molecule has 8 heteroatoms. The lowest BCUT2D eigenvalue weighted by molar-refractivity contribution is -0.127. The Labute approximate surface area is 157 Å². The van der Waals surface area contributed by atoms with Crippen molar-refractivity contribution >= 4 is 23.6 Å². The van der Waals surface area contributed by atoms with Gasteiger partial charge < -0.3 is 19.9 Å². The molecule has 0 spiro atoms. The van der Waals surface area contributed by atoms with Gasteiger partial charge in [0.05, 0.1) is 12.5 Å². The maximum atomic E-state index is 13.1. The van der Waals surface area contributed by atoms with E-state index < -0.39 is 5.92 Å². The van der Waals surface area contributed by atoms with Crippen molar-refractivity contribution < 1.29 is 23.5 Å². The van der Waals surface area contributed by atoms with Crippen LogP contribution in [0.5, 0.6) is 0 Å². The van der Waals surface area contributed by atoms with Crippen LogP contribution in [0.2, 0.25) is 0 Å². The molecule has 3 amide bonds. The van der Waals surface area contributed by atoms with Crippen LogP contribution in [0.25, 0.3) is 0 Å². The zero-order valence-corrected chi connectivity index (χ0v) is 15.3. The molecule has 7 nitrogen and oxygen atoms in total. The molecule has 146 valence electrons. The van der Waals surface area contributed by atoms with Crippen LogP contribution in [0.1, 0.15) is 26.2 Å². The van der Waals surface area contributed by atoms with Gasteiger partial charge >= 0.3 is 6.09 Å². The summed E-state index contributed by atoms with van der Waals surface area (Å²) in [6.45, 7) is 3.47. The van der Waals surface area contributed by atoms with Crippen molar-refractivity contribution in [2.24, 2.45) is 5.92 Å². The number of likely N-dealkylation sites (tertiary alicyclic amines) is 1. The highest BCUT2D eigenvalue weighted by Gasteiger charge is 2.36. The van der Waals surface area contributed by atoms with Gasteiger partial charge in [0, 0.05) is 37.8 Å². The summed E-state index contributed by atoms with van der Waals surface area (Å²) in [5, 5.41) is 3.00. The predicted octanol–water partition coefficient (Wildman–Crippen LogP) is 1.92. The van der Waals surface area contributed by atoms with Crippen molar-refractivity contribution in [3.63, 3.8) is 0 Å². The Bertz CT molecular complexity index is 701. The van der Waals surface area contributed by atoms with Crippen LogP contribution >= 0.6 is 0 Å². The summed E-state index contributed by atoms with van der Waals surface area (Å²) in [4.78, 5) is 39.7. The fourth-order valence-electron chi connectivity index (χ4n) is 3.49. The number of hydrogen-bond acceptors (Lipinski definition) is 4. The highest BCUT2D eigenvalue weighted by atomic mass is 19.1. The fourth-order valence-corrected chi connectivity index (χ4v) is 3.49. The number of anilines is 1. The molecule has 2 heterocycles. The summed E-state index contributed by atoms with van der Waals surface area (Å²) < 4.78 is 18.0. The van der Waals surface area contributed by atoms with E-state index in [0.717, 1.165) is 0 Å². The summed E-state index contributed by atoms with van der Waals surface area (Å²) in [5.41, 5.74) is 0.597. The van der Waals surface area contributed by atoms with Crippen LogP contribution < -0.4 is 10.2 Å². The van der Waals surface area contributed by atoms with Crippen molar-refractivity contribution in [3.05, 3.63) is 30.1 Å². The van der Waals surface area contributed by atoms with Crippen LogP contribution in [0.15, 0.2) is 24.3 Å². The Morgan fingerprint density at radius 2 is 1.89 bits per heavy atom. The Kier molecular flexibility index (Phi) is 5.93. The van der Waals surface area contributed by atoms with Gasteiger partial charge in [0.15, 0.2) is 0 Å². The average Bonchev–Trinajstić information content (AvgIpc) is 3.05. The topological polar surface area (TPSA) is 79.0 Å². The first-order valence-electron chi connectivity index (χ1n) is 9.26. The highest BCUT2D eigenvalue weighted by molar-refractivity contribution is 6.00. The molecule has 1 aromatic carbocycles. The minimum atomic E-state index is -0.425. The number of halogens is 1. The van der Waals surface area contributed by atoms with Crippen molar-refractivity contribution in [2.45, 2.75) is 32.2 Å². The molecule has 0 saturated carbocycles. The predicted molar refractivity (Wildman–Crippen MR) is 96.6 cm³/mol. The number of benzene rings is 1. The van der Waals surface area contributed by atoms with Crippen molar-refractivity contribution in [1.29, 1.82) is 0 Å². The van der Waals surface area contributed by atoms with E-state index in [2.05, 4.69) is 5.32 Å². The van der Waals surface area contributed by atoms with Crippen LogP contribution in [0, 0.1) is 11.7 Å². The number of piperidine rings is 1. The third-order valence-electron chi connectivity index (χ3n) is 5.00. The largest absolute Gasteiger partial charge is 0.450 e. The lowest BCUT2D eigenvalue weighted by atomic mass is 10.0. The van der Waals surface area contributed by atoms with Gasteiger partial charge in [-0.1, -0.05) is 0 Å². The highest BCUT2D eigenvalue weighted by Crippen LogP contribution is 2.26. The molecular weight excluding hydrogens is 353 g/mol. The molecule has 1 N–H and O–H groups in total. The molecular formula is C19H24FN3O4. The SMILES string of the molecule is CCOC(=O)N1CCC(NC(=O)C2CC(=O)N(c3ccc(F)cc3)C2)CC1. The minimum absolute atomic E-state index is 0.0156. The van der Waals surface area contributed by atoms with E-state index in [1.807, 2.05) is 0 Å². The number of rotatable bonds is 4. The van der Waals surface area contributed by atoms with E-state index in [9.17, 15) is 18.8 Å². The van der Waals surface area contributed by atoms with Gasteiger partial charge in [0.2, 0.25) is 11.8 Å². The van der Waals surface area contributed by atoms with E-state index in [1.54, 1.807) is 24.0 Å². The first kappa shape index (κ1) is 19.1. The second-order valence-corrected chi connectivity index (χ2v) is 6.85. The zero-order chi connectivity index (χ0) is 19.4. The van der Waals surface area contributed by atoms with Crippen LogP contribution in [0.3, 0.4) is 0 Å². The first-order chi connectivity index (χ1) is 13.0. The first-order valence-corrected chi connectivity index (χ1v) is 9.26. The maximum absolute atomic E-state index is 13.1. The summed E-state index contributed by atoms with van der Waals surface area (Å²) in [7, 11) is 0. The van der Waals surface area contributed by atoms with Gasteiger partial charge in [-0.05, 0) is 44.0 Å². The quantitative estimate of drug-likeness (QED) is 0.869. The molecule has 0 radical (unpaired) electrons. The molecule has 1 aromatic rings. The molecule has 0 bridgehead atoms. The van der Waals surface area contributed by atoms with E-state index in [1.165, 1.54) is 17.0 Å². The van der Waals surface area contributed by atoms with Gasteiger partial charge in [-0.2, -0.15) is 0 Å². The fraction of sp³-hybridized carbons (Fsp3) is 0.526. The third-order valence-corrected chi connectivity index (χ3v) is 5.00. The second-order valence-electron chi connectivity index (χ2n) is 6.85. The van der Waals surface area contributed by atoms with Crippen molar-refractivity contribution in [2.75, 3.05) is 31.1 Å². The van der Waals surface area contributed by atoms with Gasteiger partial charge in [-0.15, -0.1) is 0 Å². The molecule has 1 atom stereocenters. The Hall–Kier alpha value is -2.64. The molecule has 1 unspecified atom stereocenters. The smallest absolute Gasteiger partial charge is 0.409 e. The number of nitrogens with zero attached hydrogens (tertiary/aromatic N) is 2. The van der Waals surface area contributed by atoms with Crippen molar-refractivity contribution in [1.82, 2.24) is 10.2 Å². The van der Waals surface area contributed by atoms with Gasteiger partial charge in [0.1, 0.15) is 5.82 Å². The Balaban J connectivity index is 1.50. The molecule has 2 aliphatic heterocycles. The number of carbonyl (C=O) groups is 3. The van der Waals surface area contributed by atoms with E-state index in [0.29, 0.717) is 38.2 Å². The van der Waals surface area contributed by atoms with Crippen LogP contribution in [-0.4, -0.2) is 55.1 Å². The Morgan fingerprint density at radius 1 is 1.22 bits per heavy atom. The van der Waals surface area contributed by atoms with E-state index >= 15 is 0 Å². The van der Waals surface area contributed by atoms with Crippen molar-refractivity contribution in [3.8, 4) is 0 Å². The molecule has 2 aliphatic rings. The van der Waals surface area contributed by atoms with E-state index in [-0.39, 0.29) is 42.7 Å². The monoisotopic (exact) mass is 377 g/mol. The summed E-state index contributed by atoms with van der Waals surface area (Å²) in [6, 6.07) is 5.66. The number of hydrogen-bond donors (Lipinski definition) is 1. The van der Waals surface area contributed by atoms with Gasteiger partial charge in [0.25, 0.3) is 0 Å². The lowest BCUT2D eigenvalue weighted by Gasteiger charge is -2.32. The maximum Gasteiger partial charge on any atom is 0.409 e.